The molecular weight excluding hydrogens is 617 g/mol. The smallest absolute Gasteiger partial charge is 0.0777 e. The summed E-state index contributed by atoms with van der Waals surface area (Å²) in [6.45, 7) is 10.1. The standard InChI is InChI=1S/C46H94O4/c1-6-8-10-12-14-16-18-20-22-24-26-28-30-32-34-36-38-43(49)45(41-47,42-48)46(50,40-44(3,4)5)39-37-35-33-31-29-27-25-23-21-19-17-15-13-11-9-7-2/h43,47-50H,6-42H2,1-5H3. The highest BCUT2D eigenvalue weighted by molar-refractivity contribution is 5.04. The molecule has 0 heterocycles. The average Bonchev–Trinajstić information content (AvgIpc) is 3.07. The molecule has 0 aliphatic carbocycles. The van der Waals surface area contributed by atoms with Crippen molar-refractivity contribution in [1.29, 1.82) is 0 Å². The molecule has 0 radical (unpaired) electrons. The fraction of sp³-hybridized carbons (Fsp3) is 1.00. The molecule has 0 aliphatic heterocycles. The zero-order valence-electron chi connectivity index (χ0n) is 35.0. The fourth-order valence-corrected chi connectivity index (χ4v) is 8.38. The van der Waals surface area contributed by atoms with Crippen LogP contribution in [0.1, 0.15) is 259 Å². The lowest BCUT2D eigenvalue weighted by Crippen LogP contribution is -2.61. The third-order valence-corrected chi connectivity index (χ3v) is 11.7. The minimum Gasteiger partial charge on any atom is -0.395 e. The average molecular weight is 711 g/mol. The van der Waals surface area contributed by atoms with Crippen LogP contribution in [0.15, 0.2) is 0 Å². The molecule has 0 amide bonds. The second-order valence-electron chi connectivity index (χ2n) is 17.9. The van der Waals surface area contributed by atoms with Crippen molar-refractivity contribution >= 4 is 0 Å². The summed E-state index contributed by atoms with van der Waals surface area (Å²) in [5.74, 6) is 0. The molecule has 0 aliphatic rings. The van der Waals surface area contributed by atoms with Gasteiger partial charge in [-0.05, 0) is 24.7 Å². The van der Waals surface area contributed by atoms with Crippen molar-refractivity contribution in [3.05, 3.63) is 0 Å². The molecule has 0 rings (SSSR count). The van der Waals surface area contributed by atoms with Crippen molar-refractivity contribution in [3.63, 3.8) is 0 Å². The van der Waals surface area contributed by atoms with Crippen LogP contribution >= 0.6 is 0 Å². The van der Waals surface area contributed by atoms with E-state index in [1.807, 2.05) is 0 Å². The third-order valence-electron chi connectivity index (χ3n) is 11.7. The van der Waals surface area contributed by atoms with Gasteiger partial charge in [-0.2, -0.15) is 0 Å². The van der Waals surface area contributed by atoms with Gasteiger partial charge in [0.2, 0.25) is 0 Å². The van der Waals surface area contributed by atoms with Gasteiger partial charge in [0, 0.05) is 0 Å². The van der Waals surface area contributed by atoms with E-state index in [2.05, 4.69) is 34.6 Å². The molecular formula is C46H94O4. The highest BCUT2D eigenvalue weighted by Crippen LogP contribution is 2.46. The van der Waals surface area contributed by atoms with Crippen molar-refractivity contribution in [2.24, 2.45) is 10.8 Å². The monoisotopic (exact) mass is 711 g/mol. The predicted octanol–water partition coefficient (Wildman–Crippen LogP) is 13.8. The van der Waals surface area contributed by atoms with Gasteiger partial charge in [-0.1, -0.05) is 240 Å². The molecule has 50 heavy (non-hydrogen) atoms. The molecule has 0 aromatic heterocycles. The van der Waals surface area contributed by atoms with Gasteiger partial charge in [0.25, 0.3) is 0 Å². The van der Waals surface area contributed by atoms with Gasteiger partial charge < -0.3 is 20.4 Å². The third kappa shape index (κ3) is 25.8. The Morgan fingerprint density at radius 2 is 0.660 bits per heavy atom. The van der Waals surface area contributed by atoms with E-state index < -0.39 is 30.3 Å². The van der Waals surface area contributed by atoms with Gasteiger partial charge in [-0.25, -0.2) is 0 Å². The second-order valence-corrected chi connectivity index (χ2v) is 17.9. The molecule has 0 saturated carbocycles. The first-order valence-electron chi connectivity index (χ1n) is 22.7. The molecule has 2 unspecified atom stereocenters. The molecule has 0 saturated heterocycles. The topological polar surface area (TPSA) is 80.9 Å². The first-order valence-corrected chi connectivity index (χ1v) is 22.7. The minimum absolute atomic E-state index is 0.187. The normalized spacial score (nSPS) is 14.3. The lowest BCUT2D eigenvalue weighted by Gasteiger charge is -2.50. The quantitative estimate of drug-likeness (QED) is 0.0479. The Kier molecular flexibility index (Phi) is 33.3. The summed E-state index contributed by atoms with van der Waals surface area (Å²) in [6, 6.07) is 0. The summed E-state index contributed by atoms with van der Waals surface area (Å²) >= 11 is 0. The summed E-state index contributed by atoms with van der Waals surface area (Å²) in [6.07, 6.45) is 42.3. The summed E-state index contributed by atoms with van der Waals surface area (Å²) in [7, 11) is 0. The number of aliphatic hydroxyl groups excluding tert-OH is 3. The van der Waals surface area contributed by atoms with Gasteiger partial charge >= 0.3 is 0 Å². The van der Waals surface area contributed by atoms with Crippen molar-refractivity contribution in [1.82, 2.24) is 0 Å². The lowest BCUT2D eigenvalue weighted by atomic mass is 9.61. The SMILES string of the molecule is CCCCCCCCCCCCCCCCCCC(O)C(CO)(CO)C(O)(CCCCCCCCCCCCCCCCCC)CC(C)(C)C. The van der Waals surface area contributed by atoms with Crippen molar-refractivity contribution in [2.75, 3.05) is 13.2 Å². The molecule has 4 heteroatoms. The maximum atomic E-state index is 12.2. The van der Waals surface area contributed by atoms with E-state index in [0.717, 1.165) is 32.1 Å². The Bertz CT molecular complexity index is 684. The molecule has 0 aromatic rings. The Labute approximate surface area is 314 Å². The number of rotatable bonds is 39. The second kappa shape index (κ2) is 33.4. The zero-order chi connectivity index (χ0) is 37.2. The van der Waals surface area contributed by atoms with Crippen LogP contribution in [-0.4, -0.2) is 45.3 Å². The molecule has 0 bridgehead atoms. The first kappa shape index (κ1) is 49.8. The number of hydrogen-bond acceptors (Lipinski definition) is 4. The lowest BCUT2D eigenvalue weighted by molar-refractivity contribution is -0.201. The number of unbranched alkanes of at least 4 members (excludes halogenated alkanes) is 30. The van der Waals surface area contributed by atoms with Gasteiger partial charge in [0.05, 0.1) is 30.3 Å². The van der Waals surface area contributed by atoms with Crippen LogP contribution in [0.4, 0.5) is 0 Å². The van der Waals surface area contributed by atoms with Crippen LogP contribution in [0.3, 0.4) is 0 Å². The van der Waals surface area contributed by atoms with Crippen molar-refractivity contribution < 1.29 is 20.4 Å². The number of hydrogen-bond donors (Lipinski definition) is 4. The molecule has 4 N–H and O–H groups in total. The van der Waals surface area contributed by atoms with E-state index in [0.29, 0.717) is 19.3 Å². The van der Waals surface area contributed by atoms with Crippen LogP contribution in [0.5, 0.6) is 0 Å². The van der Waals surface area contributed by atoms with Crippen molar-refractivity contribution in [3.8, 4) is 0 Å². The largest absolute Gasteiger partial charge is 0.395 e. The van der Waals surface area contributed by atoms with E-state index in [9.17, 15) is 20.4 Å². The van der Waals surface area contributed by atoms with Crippen LogP contribution < -0.4 is 0 Å². The Hall–Kier alpha value is -0.160. The van der Waals surface area contributed by atoms with Crippen LogP contribution in [-0.2, 0) is 0 Å². The van der Waals surface area contributed by atoms with Gasteiger partial charge in [0.15, 0.2) is 0 Å². The zero-order valence-corrected chi connectivity index (χ0v) is 35.0. The molecule has 4 nitrogen and oxygen atoms in total. The van der Waals surface area contributed by atoms with E-state index >= 15 is 0 Å². The highest BCUT2D eigenvalue weighted by Gasteiger charge is 2.54. The molecule has 0 spiro atoms. The van der Waals surface area contributed by atoms with Crippen LogP contribution in [0, 0.1) is 10.8 Å². The van der Waals surface area contributed by atoms with Gasteiger partial charge in [-0.15, -0.1) is 0 Å². The first-order chi connectivity index (χ1) is 24.1. The minimum atomic E-state index is -1.31. The number of aliphatic hydroxyl groups is 4. The summed E-state index contributed by atoms with van der Waals surface area (Å²) < 4.78 is 0. The Balaban J connectivity index is 4.36. The maximum Gasteiger partial charge on any atom is 0.0777 e. The summed E-state index contributed by atoms with van der Waals surface area (Å²) in [5, 5.41) is 45.0. The van der Waals surface area contributed by atoms with E-state index in [-0.39, 0.29) is 5.41 Å². The Morgan fingerprint density at radius 3 is 0.920 bits per heavy atom. The molecule has 0 fully saturated rings. The highest BCUT2D eigenvalue weighted by atomic mass is 16.3. The fourth-order valence-electron chi connectivity index (χ4n) is 8.38. The van der Waals surface area contributed by atoms with Crippen LogP contribution in [0.2, 0.25) is 0 Å². The summed E-state index contributed by atoms with van der Waals surface area (Å²) in [4.78, 5) is 0. The Morgan fingerprint density at radius 1 is 0.400 bits per heavy atom. The maximum absolute atomic E-state index is 12.2. The molecule has 2 atom stereocenters. The van der Waals surface area contributed by atoms with Crippen LogP contribution in [0.25, 0.3) is 0 Å². The van der Waals surface area contributed by atoms with E-state index in [1.54, 1.807) is 0 Å². The van der Waals surface area contributed by atoms with E-state index in [4.69, 9.17) is 0 Å². The summed E-state index contributed by atoms with van der Waals surface area (Å²) in [5.41, 5.74) is -2.79. The predicted molar refractivity (Wildman–Crippen MR) is 220 cm³/mol. The van der Waals surface area contributed by atoms with Gasteiger partial charge in [0.1, 0.15) is 0 Å². The molecule has 0 aromatic carbocycles. The van der Waals surface area contributed by atoms with Gasteiger partial charge in [-0.3, -0.25) is 0 Å². The van der Waals surface area contributed by atoms with E-state index in [1.165, 1.54) is 173 Å². The van der Waals surface area contributed by atoms with Crippen molar-refractivity contribution in [2.45, 2.75) is 271 Å². The molecule has 302 valence electrons.